The highest BCUT2D eigenvalue weighted by Gasteiger charge is 2.25. The second kappa shape index (κ2) is 6.88. The van der Waals surface area contributed by atoms with E-state index in [0.717, 1.165) is 19.6 Å². The van der Waals surface area contributed by atoms with E-state index in [9.17, 15) is 0 Å². The molecule has 0 aliphatic carbocycles. The Bertz CT molecular complexity index is 499. The van der Waals surface area contributed by atoms with E-state index in [1.54, 1.807) is 0 Å². The third kappa shape index (κ3) is 3.52. The zero-order chi connectivity index (χ0) is 14.5. The fourth-order valence-corrected chi connectivity index (χ4v) is 3.30. The summed E-state index contributed by atoms with van der Waals surface area (Å²) >= 11 is 0. The average Bonchev–Trinajstić information content (AvgIpc) is 3.02. The topological polar surface area (TPSA) is 29.3 Å². The van der Waals surface area contributed by atoms with E-state index < -0.39 is 0 Å². The molecule has 2 heteroatoms. The average molecular weight is 280 g/mol. The lowest BCUT2D eigenvalue weighted by molar-refractivity contribution is 0.315. The van der Waals surface area contributed by atoms with E-state index in [1.165, 1.54) is 24.1 Å². The summed E-state index contributed by atoms with van der Waals surface area (Å²) in [5, 5.41) is 0. The predicted molar refractivity (Wildman–Crippen MR) is 88.3 cm³/mol. The number of likely N-dealkylation sites (tertiary alicyclic amines) is 1. The fraction of sp³-hybridized carbons (Fsp3) is 0.368. The SMILES string of the molecule is NC[C@@H]1CCN(CC(c2ccccc2)c2ccccc2)C1. The third-order valence-corrected chi connectivity index (χ3v) is 4.55. The Morgan fingerprint density at radius 3 is 2.00 bits per heavy atom. The molecule has 2 N–H and O–H groups in total. The van der Waals surface area contributed by atoms with Crippen LogP contribution in [-0.2, 0) is 0 Å². The van der Waals surface area contributed by atoms with E-state index >= 15 is 0 Å². The molecule has 0 unspecified atom stereocenters. The van der Waals surface area contributed by atoms with Gasteiger partial charge in [-0.25, -0.2) is 0 Å². The normalized spacial score (nSPS) is 19.2. The lowest BCUT2D eigenvalue weighted by atomic mass is 9.91. The molecule has 3 rings (SSSR count). The molecule has 21 heavy (non-hydrogen) atoms. The first kappa shape index (κ1) is 14.3. The summed E-state index contributed by atoms with van der Waals surface area (Å²) < 4.78 is 0. The van der Waals surface area contributed by atoms with Gasteiger partial charge < -0.3 is 10.6 Å². The number of hydrogen-bond donors (Lipinski definition) is 1. The van der Waals surface area contributed by atoms with Gasteiger partial charge in [-0.15, -0.1) is 0 Å². The molecule has 1 atom stereocenters. The van der Waals surface area contributed by atoms with Crippen molar-refractivity contribution in [1.29, 1.82) is 0 Å². The number of nitrogens with zero attached hydrogens (tertiary/aromatic N) is 1. The Balaban J connectivity index is 1.80. The summed E-state index contributed by atoms with van der Waals surface area (Å²) in [7, 11) is 0. The molecule has 1 fully saturated rings. The Hall–Kier alpha value is -1.64. The van der Waals surface area contributed by atoms with Crippen LogP contribution in [0.3, 0.4) is 0 Å². The molecule has 2 aromatic carbocycles. The second-order valence-corrected chi connectivity index (χ2v) is 6.02. The Labute approximate surface area is 127 Å². The molecule has 2 aromatic rings. The molecule has 0 spiro atoms. The fourth-order valence-electron chi connectivity index (χ4n) is 3.30. The monoisotopic (exact) mass is 280 g/mol. The molecule has 110 valence electrons. The van der Waals surface area contributed by atoms with E-state index in [2.05, 4.69) is 65.6 Å². The van der Waals surface area contributed by atoms with Crippen LogP contribution >= 0.6 is 0 Å². The number of rotatable bonds is 5. The highest BCUT2D eigenvalue weighted by atomic mass is 15.1. The Morgan fingerprint density at radius 1 is 0.952 bits per heavy atom. The maximum Gasteiger partial charge on any atom is 0.0217 e. The van der Waals surface area contributed by atoms with Gasteiger partial charge in [-0.1, -0.05) is 60.7 Å². The van der Waals surface area contributed by atoms with Gasteiger partial charge in [-0.05, 0) is 36.6 Å². The highest BCUT2D eigenvalue weighted by Crippen LogP contribution is 2.27. The lowest BCUT2D eigenvalue weighted by Gasteiger charge is -2.25. The zero-order valence-electron chi connectivity index (χ0n) is 12.5. The minimum absolute atomic E-state index is 0.448. The maximum absolute atomic E-state index is 5.82. The molecular weight excluding hydrogens is 256 g/mol. The molecule has 1 aliphatic heterocycles. The van der Waals surface area contributed by atoms with Gasteiger partial charge in [0.1, 0.15) is 0 Å². The zero-order valence-corrected chi connectivity index (χ0v) is 12.5. The molecule has 0 aromatic heterocycles. The standard InChI is InChI=1S/C19H24N2/c20-13-16-11-12-21(14-16)15-19(17-7-3-1-4-8-17)18-9-5-2-6-10-18/h1-10,16,19H,11-15,20H2/t16-/m0/s1. The quantitative estimate of drug-likeness (QED) is 0.912. The molecule has 2 nitrogen and oxygen atoms in total. The number of hydrogen-bond acceptors (Lipinski definition) is 2. The van der Waals surface area contributed by atoms with Crippen molar-refractivity contribution in [1.82, 2.24) is 4.90 Å². The van der Waals surface area contributed by atoms with E-state index in [0.29, 0.717) is 11.8 Å². The van der Waals surface area contributed by atoms with Crippen molar-refractivity contribution in [2.75, 3.05) is 26.2 Å². The van der Waals surface area contributed by atoms with Crippen LogP contribution < -0.4 is 5.73 Å². The van der Waals surface area contributed by atoms with Gasteiger partial charge >= 0.3 is 0 Å². The van der Waals surface area contributed by atoms with Gasteiger partial charge in [0.2, 0.25) is 0 Å². The van der Waals surface area contributed by atoms with Gasteiger partial charge in [0.05, 0.1) is 0 Å². The van der Waals surface area contributed by atoms with Gasteiger partial charge in [0, 0.05) is 19.0 Å². The first-order valence-electron chi connectivity index (χ1n) is 7.89. The smallest absolute Gasteiger partial charge is 0.0217 e. The molecular formula is C19H24N2. The van der Waals surface area contributed by atoms with Crippen molar-refractivity contribution in [2.24, 2.45) is 11.7 Å². The van der Waals surface area contributed by atoms with Crippen molar-refractivity contribution in [3.8, 4) is 0 Å². The predicted octanol–water partition coefficient (Wildman–Crippen LogP) is 3.10. The van der Waals surface area contributed by atoms with Crippen LogP contribution in [0.5, 0.6) is 0 Å². The van der Waals surface area contributed by atoms with Crippen molar-refractivity contribution in [3.63, 3.8) is 0 Å². The molecule has 0 radical (unpaired) electrons. The minimum atomic E-state index is 0.448. The molecule has 0 amide bonds. The third-order valence-electron chi connectivity index (χ3n) is 4.55. The molecule has 1 saturated heterocycles. The molecule has 1 heterocycles. The van der Waals surface area contributed by atoms with Crippen LogP contribution in [0, 0.1) is 5.92 Å². The highest BCUT2D eigenvalue weighted by molar-refractivity contribution is 5.32. The van der Waals surface area contributed by atoms with Gasteiger partial charge in [-0.2, -0.15) is 0 Å². The lowest BCUT2D eigenvalue weighted by Crippen LogP contribution is -2.28. The van der Waals surface area contributed by atoms with Crippen molar-refractivity contribution >= 4 is 0 Å². The number of nitrogens with two attached hydrogens (primary N) is 1. The largest absolute Gasteiger partial charge is 0.330 e. The summed E-state index contributed by atoms with van der Waals surface area (Å²) in [6.07, 6.45) is 1.24. The first-order chi connectivity index (χ1) is 10.4. The molecule has 0 bridgehead atoms. The van der Waals surface area contributed by atoms with Crippen molar-refractivity contribution < 1.29 is 0 Å². The van der Waals surface area contributed by atoms with Crippen LogP contribution in [0.4, 0.5) is 0 Å². The molecule has 0 saturated carbocycles. The van der Waals surface area contributed by atoms with Crippen LogP contribution in [0.1, 0.15) is 23.5 Å². The molecule has 1 aliphatic rings. The van der Waals surface area contributed by atoms with Gasteiger partial charge in [-0.3, -0.25) is 0 Å². The summed E-state index contributed by atoms with van der Waals surface area (Å²) in [5.41, 5.74) is 8.63. The summed E-state index contributed by atoms with van der Waals surface area (Å²) in [5.74, 6) is 1.13. The van der Waals surface area contributed by atoms with E-state index in [4.69, 9.17) is 5.73 Å². The summed E-state index contributed by atoms with van der Waals surface area (Å²) in [4.78, 5) is 2.57. The second-order valence-electron chi connectivity index (χ2n) is 6.02. The number of benzene rings is 2. The summed E-state index contributed by atoms with van der Waals surface area (Å²) in [6, 6.07) is 21.7. The first-order valence-corrected chi connectivity index (χ1v) is 7.89. The van der Waals surface area contributed by atoms with Crippen LogP contribution in [-0.4, -0.2) is 31.1 Å². The van der Waals surface area contributed by atoms with Gasteiger partial charge in [0.25, 0.3) is 0 Å². The maximum atomic E-state index is 5.82. The Kier molecular flexibility index (Phi) is 4.69. The minimum Gasteiger partial charge on any atom is -0.330 e. The van der Waals surface area contributed by atoms with Gasteiger partial charge in [0.15, 0.2) is 0 Å². The van der Waals surface area contributed by atoms with Crippen LogP contribution in [0.15, 0.2) is 60.7 Å². The van der Waals surface area contributed by atoms with Crippen molar-refractivity contribution in [3.05, 3.63) is 71.8 Å². The van der Waals surface area contributed by atoms with Crippen LogP contribution in [0.25, 0.3) is 0 Å². The van der Waals surface area contributed by atoms with E-state index in [-0.39, 0.29) is 0 Å². The van der Waals surface area contributed by atoms with E-state index in [1.807, 2.05) is 0 Å². The Morgan fingerprint density at radius 2 is 1.52 bits per heavy atom. The summed E-state index contributed by atoms with van der Waals surface area (Å²) in [6.45, 7) is 4.23. The van der Waals surface area contributed by atoms with Crippen molar-refractivity contribution in [2.45, 2.75) is 12.3 Å². The van der Waals surface area contributed by atoms with Crippen LogP contribution in [0.2, 0.25) is 0 Å².